The molecule has 5 heteroatoms. The van der Waals surface area contributed by atoms with E-state index in [0.717, 1.165) is 12.8 Å². The number of carbonyl (C=O) groups is 1. The van der Waals surface area contributed by atoms with Gasteiger partial charge in [0.15, 0.2) is 0 Å². The lowest BCUT2D eigenvalue weighted by atomic mass is 9.83. The first-order valence-corrected chi connectivity index (χ1v) is 5.62. The summed E-state index contributed by atoms with van der Waals surface area (Å²) in [5.41, 5.74) is -0.655. The molecule has 2 heterocycles. The summed E-state index contributed by atoms with van der Waals surface area (Å²) in [7, 11) is 2.17. The number of carbonyl (C=O) groups excluding carboxylic acids is 1. The van der Waals surface area contributed by atoms with Crippen LogP contribution in [-0.2, 0) is 4.74 Å². The van der Waals surface area contributed by atoms with Crippen LogP contribution in [0.4, 0.5) is 4.79 Å². The summed E-state index contributed by atoms with van der Waals surface area (Å²) < 4.78 is 5.08. The number of ether oxygens (including phenoxy) is 1. The fourth-order valence-corrected chi connectivity index (χ4v) is 2.92. The van der Waals surface area contributed by atoms with Crippen LogP contribution >= 0.6 is 24.0 Å². The second-order valence-electron chi connectivity index (χ2n) is 4.35. The summed E-state index contributed by atoms with van der Waals surface area (Å²) in [5, 5.41) is 0. The molecule has 2 bridgehead atoms. The Bertz CT molecular complexity index is 223. The van der Waals surface area contributed by atoms with Crippen LogP contribution in [0.25, 0.3) is 0 Å². The number of nitrogens with zero attached hydrogens (tertiary/aromatic N) is 1. The van der Waals surface area contributed by atoms with E-state index in [9.17, 15) is 4.79 Å². The van der Waals surface area contributed by atoms with Crippen molar-refractivity contribution in [2.45, 2.75) is 50.3 Å². The topological polar surface area (TPSA) is 29.5 Å². The second-order valence-corrected chi connectivity index (χ2v) is 4.66. The maximum absolute atomic E-state index is 10.6. The molecule has 2 fully saturated rings. The third-order valence-electron chi connectivity index (χ3n) is 3.56. The molecule has 0 N–H and O–H groups in total. The normalized spacial score (nSPS) is 35.5. The van der Waals surface area contributed by atoms with Crippen LogP contribution in [0.3, 0.4) is 0 Å². The van der Waals surface area contributed by atoms with Crippen molar-refractivity contribution in [3.8, 4) is 0 Å². The molecule has 2 rings (SSSR count). The average Bonchev–Trinajstić information content (AvgIpc) is 2.05. The predicted molar refractivity (Wildman–Crippen MR) is 61.8 cm³/mol. The smallest absolute Gasteiger partial charge is 0.404 e. The van der Waals surface area contributed by atoms with Crippen LogP contribution in [0.2, 0.25) is 0 Å². The van der Waals surface area contributed by atoms with E-state index < -0.39 is 5.43 Å². The van der Waals surface area contributed by atoms with Crippen LogP contribution in [0, 0.1) is 0 Å². The van der Waals surface area contributed by atoms with Crippen molar-refractivity contribution in [2.24, 2.45) is 0 Å². The van der Waals surface area contributed by atoms with Gasteiger partial charge in [0.1, 0.15) is 6.10 Å². The molecule has 3 nitrogen and oxygen atoms in total. The Morgan fingerprint density at radius 1 is 1.33 bits per heavy atom. The lowest BCUT2D eigenvalue weighted by Crippen LogP contribution is -2.51. The lowest BCUT2D eigenvalue weighted by Gasteiger charge is -2.46. The summed E-state index contributed by atoms with van der Waals surface area (Å²) in [6.45, 7) is 0. The van der Waals surface area contributed by atoms with Gasteiger partial charge in [0.25, 0.3) is 0 Å². The number of halogens is 2. The van der Waals surface area contributed by atoms with Crippen molar-refractivity contribution >= 4 is 29.4 Å². The fourth-order valence-electron chi connectivity index (χ4n) is 2.79. The van der Waals surface area contributed by atoms with Gasteiger partial charge in [-0.15, -0.1) is 12.4 Å². The van der Waals surface area contributed by atoms with Crippen molar-refractivity contribution in [3.63, 3.8) is 0 Å². The van der Waals surface area contributed by atoms with Gasteiger partial charge >= 0.3 is 5.43 Å². The van der Waals surface area contributed by atoms with E-state index in [1.807, 2.05) is 0 Å². The first kappa shape index (κ1) is 13.1. The minimum absolute atomic E-state index is 0. The minimum atomic E-state index is -0.655. The molecular weight excluding hydrogens is 237 g/mol. The van der Waals surface area contributed by atoms with Crippen molar-refractivity contribution in [1.82, 2.24) is 4.90 Å². The fraction of sp³-hybridized carbons (Fsp3) is 0.900. The lowest BCUT2D eigenvalue weighted by molar-refractivity contribution is -0.0133. The van der Waals surface area contributed by atoms with Gasteiger partial charge in [-0.25, -0.2) is 4.79 Å². The number of rotatable bonds is 1. The molecule has 88 valence electrons. The largest absolute Gasteiger partial charge is 0.450 e. The van der Waals surface area contributed by atoms with Crippen molar-refractivity contribution in [1.29, 1.82) is 0 Å². The van der Waals surface area contributed by atoms with E-state index in [1.54, 1.807) is 0 Å². The highest BCUT2D eigenvalue weighted by atomic mass is 35.5. The van der Waals surface area contributed by atoms with Gasteiger partial charge in [-0.3, -0.25) is 0 Å². The molecule has 3 atom stereocenters. The monoisotopic (exact) mass is 253 g/mol. The van der Waals surface area contributed by atoms with Crippen molar-refractivity contribution in [2.75, 3.05) is 7.05 Å². The van der Waals surface area contributed by atoms with E-state index in [4.69, 9.17) is 16.3 Å². The standard InChI is InChI=1S/C10H16ClNO2.ClH/c1-12-7-3-2-4-8(12)6-9(5-7)14-10(11)13;/h7-9H,2-6H2,1H3;1H/t7-,8+,9+;. The molecule has 0 spiro atoms. The van der Waals surface area contributed by atoms with Gasteiger partial charge in [-0.1, -0.05) is 6.42 Å². The average molecular weight is 254 g/mol. The van der Waals surface area contributed by atoms with Crippen molar-refractivity contribution in [3.05, 3.63) is 0 Å². The van der Waals surface area contributed by atoms with E-state index in [1.165, 1.54) is 19.3 Å². The van der Waals surface area contributed by atoms with Crippen molar-refractivity contribution < 1.29 is 9.53 Å². The zero-order chi connectivity index (χ0) is 10.1. The molecular formula is C10H17Cl2NO2. The molecule has 2 aliphatic heterocycles. The minimum Gasteiger partial charge on any atom is -0.450 e. The van der Waals surface area contributed by atoms with E-state index in [-0.39, 0.29) is 18.5 Å². The van der Waals surface area contributed by atoms with E-state index >= 15 is 0 Å². The summed E-state index contributed by atoms with van der Waals surface area (Å²) in [5.74, 6) is 0. The molecule has 0 aliphatic carbocycles. The van der Waals surface area contributed by atoms with Gasteiger partial charge < -0.3 is 9.64 Å². The highest BCUT2D eigenvalue weighted by Crippen LogP contribution is 2.33. The Kier molecular flexibility index (Phi) is 4.68. The van der Waals surface area contributed by atoms with Gasteiger partial charge in [-0.05, 0) is 19.9 Å². The maximum atomic E-state index is 10.6. The summed E-state index contributed by atoms with van der Waals surface area (Å²) in [6, 6.07) is 1.17. The maximum Gasteiger partial charge on any atom is 0.404 e. The number of piperidine rings is 2. The zero-order valence-corrected chi connectivity index (χ0v) is 10.4. The molecule has 15 heavy (non-hydrogen) atoms. The third kappa shape index (κ3) is 2.99. The summed E-state index contributed by atoms with van der Waals surface area (Å²) >= 11 is 5.23. The molecule has 0 aromatic heterocycles. The molecule has 0 aromatic rings. The SMILES string of the molecule is CN1[C@@H]2CCC[C@H]1C[C@@H](OC(=O)Cl)C2.Cl. The van der Waals surface area contributed by atoms with Gasteiger partial charge in [-0.2, -0.15) is 0 Å². The molecule has 0 aromatic carbocycles. The van der Waals surface area contributed by atoms with Crippen LogP contribution in [0.5, 0.6) is 0 Å². The van der Waals surface area contributed by atoms with Gasteiger partial charge in [0.05, 0.1) is 0 Å². The first-order chi connectivity index (χ1) is 6.66. The van der Waals surface area contributed by atoms with Gasteiger partial charge in [0, 0.05) is 36.5 Å². The van der Waals surface area contributed by atoms with E-state index in [0.29, 0.717) is 12.1 Å². The van der Waals surface area contributed by atoms with Crippen LogP contribution in [-0.4, -0.2) is 35.6 Å². The Balaban J connectivity index is 0.00000112. The Hall–Kier alpha value is 0.01000. The third-order valence-corrected chi connectivity index (χ3v) is 3.64. The van der Waals surface area contributed by atoms with Crippen LogP contribution < -0.4 is 0 Å². The highest BCUT2D eigenvalue weighted by molar-refractivity contribution is 6.61. The molecule has 2 aliphatic rings. The number of hydrogen-bond donors (Lipinski definition) is 0. The number of hydrogen-bond acceptors (Lipinski definition) is 3. The quantitative estimate of drug-likeness (QED) is 0.674. The Morgan fingerprint density at radius 2 is 1.87 bits per heavy atom. The van der Waals surface area contributed by atoms with Crippen LogP contribution in [0.1, 0.15) is 32.1 Å². The van der Waals surface area contributed by atoms with E-state index in [2.05, 4.69) is 11.9 Å². The molecule has 0 radical (unpaired) electrons. The summed E-state index contributed by atoms with van der Waals surface area (Å²) in [6.07, 6.45) is 5.71. The second kappa shape index (κ2) is 5.37. The molecule has 0 unspecified atom stereocenters. The summed E-state index contributed by atoms with van der Waals surface area (Å²) in [4.78, 5) is 13.1. The Labute approximate surface area is 102 Å². The van der Waals surface area contributed by atoms with Gasteiger partial charge in [0.2, 0.25) is 0 Å². The molecule has 0 amide bonds. The zero-order valence-electron chi connectivity index (χ0n) is 8.82. The molecule has 2 saturated heterocycles. The first-order valence-electron chi connectivity index (χ1n) is 5.25. The predicted octanol–water partition coefficient (Wildman–Crippen LogP) is 2.80. The molecule has 0 saturated carbocycles. The van der Waals surface area contributed by atoms with Crippen LogP contribution in [0.15, 0.2) is 0 Å². The number of fused-ring (bicyclic) bond motifs is 2. The Morgan fingerprint density at radius 3 is 2.33 bits per heavy atom. The highest BCUT2D eigenvalue weighted by Gasteiger charge is 2.37.